The number of benzene rings is 1. The number of aryl methyl sites for hydroxylation is 2. The van der Waals surface area contributed by atoms with Gasteiger partial charge in [0.2, 0.25) is 0 Å². The average Bonchev–Trinajstić information content (AvgIpc) is 2.82. The Hall–Kier alpha value is -2.57. The Balaban J connectivity index is 1.62. The first kappa shape index (κ1) is 25.5. The van der Waals surface area contributed by atoms with Crippen molar-refractivity contribution in [3.63, 3.8) is 0 Å². The van der Waals surface area contributed by atoms with Crippen LogP contribution >= 0.6 is 11.6 Å². The second-order valence-electron chi connectivity index (χ2n) is 9.98. The van der Waals surface area contributed by atoms with Gasteiger partial charge in [-0.1, -0.05) is 23.8 Å². The van der Waals surface area contributed by atoms with E-state index < -0.39 is 0 Å². The zero-order valence-electron chi connectivity index (χ0n) is 21.0. The van der Waals surface area contributed by atoms with Crippen LogP contribution in [0.5, 0.6) is 5.75 Å². The van der Waals surface area contributed by atoms with Gasteiger partial charge in [-0.25, -0.2) is 0 Å². The molecule has 1 aromatic carbocycles. The number of pyridine rings is 1. The largest absolute Gasteiger partial charge is 0.490 e. The molecule has 1 amide bonds. The molecular weight excluding hydrogens is 462 g/mol. The van der Waals surface area contributed by atoms with Crippen LogP contribution in [0.15, 0.2) is 35.1 Å². The van der Waals surface area contributed by atoms with E-state index in [9.17, 15) is 9.59 Å². The number of hydrogen-bond acceptors (Lipinski definition) is 4. The predicted molar refractivity (Wildman–Crippen MR) is 141 cm³/mol. The van der Waals surface area contributed by atoms with Crippen molar-refractivity contribution in [2.24, 2.45) is 0 Å². The van der Waals surface area contributed by atoms with Gasteiger partial charge in [0.25, 0.3) is 11.5 Å². The van der Waals surface area contributed by atoms with Crippen molar-refractivity contribution in [3.8, 4) is 5.75 Å². The topological polar surface area (TPSA) is 74.4 Å². The molecule has 6 nitrogen and oxygen atoms in total. The molecule has 2 N–H and O–H groups in total. The number of ether oxygens (including phenoxy) is 1. The molecule has 2 aromatic rings. The van der Waals surface area contributed by atoms with Gasteiger partial charge in [-0.15, -0.1) is 0 Å². The van der Waals surface area contributed by atoms with E-state index in [1.807, 2.05) is 19.1 Å². The summed E-state index contributed by atoms with van der Waals surface area (Å²) in [6.07, 6.45) is 11.7. The molecule has 0 bridgehead atoms. The number of nitrogens with one attached hydrogen (secondary N) is 2. The molecule has 7 heteroatoms. The number of halogens is 1. The molecule has 1 fully saturated rings. The van der Waals surface area contributed by atoms with Crippen LogP contribution in [0.1, 0.15) is 71.3 Å². The van der Waals surface area contributed by atoms with Gasteiger partial charge in [0.15, 0.2) is 0 Å². The minimum absolute atomic E-state index is 0.110. The van der Waals surface area contributed by atoms with Gasteiger partial charge in [-0.3, -0.25) is 9.59 Å². The van der Waals surface area contributed by atoms with Crippen molar-refractivity contribution in [3.05, 3.63) is 73.7 Å². The molecule has 2 heterocycles. The van der Waals surface area contributed by atoms with Crippen LogP contribution in [0.2, 0.25) is 5.02 Å². The third-order valence-corrected chi connectivity index (χ3v) is 7.40. The maximum Gasteiger partial charge on any atom is 0.253 e. The average molecular weight is 498 g/mol. The summed E-state index contributed by atoms with van der Waals surface area (Å²) >= 11 is 6.47. The van der Waals surface area contributed by atoms with Gasteiger partial charge in [-0.2, -0.15) is 0 Å². The summed E-state index contributed by atoms with van der Waals surface area (Å²) in [6.45, 7) is 2.06. The Morgan fingerprint density at radius 2 is 1.80 bits per heavy atom. The van der Waals surface area contributed by atoms with Crippen molar-refractivity contribution >= 4 is 17.5 Å². The molecule has 0 unspecified atom stereocenters. The van der Waals surface area contributed by atoms with Crippen LogP contribution in [0.25, 0.3) is 0 Å². The Labute approximate surface area is 212 Å². The van der Waals surface area contributed by atoms with E-state index in [0.29, 0.717) is 34.4 Å². The number of fused-ring (bicyclic) bond motifs is 2. The molecule has 2 aliphatic rings. The monoisotopic (exact) mass is 497 g/mol. The molecule has 1 saturated carbocycles. The Kier molecular flexibility index (Phi) is 8.34. The Morgan fingerprint density at radius 3 is 2.54 bits per heavy atom. The number of carbonyl (C=O) groups is 1. The van der Waals surface area contributed by atoms with Gasteiger partial charge < -0.3 is 19.9 Å². The van der Waals surface area contributed by atoms with Gasteiger partial charge in [0.05, 0.1) is 6.10 Å². The van der Waals surface area contributed by atoms with Crippen LogP contribution in [-0.4, -0.2) is 42.0 Å². The van der Waals surface area contributed by atoms with E-state index in [2.05, 4.69) is 41.4 Å². The summed E-state index contributed by atoms with van der Waals surface area (Å²) in [5, 5.41) is 3.44. The number of nitrogens with zero attached hydrogens (tertiary/aromatic N) is 1. The number of allylic oxidation sites excluding steroid dienone is 2. The second kappa shape index (κ2) is 11.4. The van der Waals surface area contributed by atoms with E-state index in [1.165, 1.54) is 0 Å². The predicted octanol–water partition coefficient (Wildman–Crippen LogP) is 4.95. The smallest absolute Gasteiger partial charge is 0.253 e. The van der Waals surface area contributed by atoms with E-state index in [1.54, 1.807) is 6.07 Å². The Bertz CT molecular complexity index is 1150. The zero-order chi connectivity index (χ0) is 24.9. The fraction of sp³-hybridized carbons (Fsp3) is 0.500. The number of aromatic amines is 1. The highest BCUT2D eigenvalue weighted by molar-refractivity contribution is 6.31. The van der Waals surface area contributed by atoms with Crippen molar-refractivity contribution < 1.29 is 9.53 Å². The van der Waals surface area contributed by atoms with Gasteiger partial charge in [-0.05, 0) is 96.1 Å². The number of hydrogen-bond donors (Lipinski definition) is 2. The summed E-state index contributed by atoms with van der Waals surface area (Å²) in [5.41, 5.74) is 3.64. The first-order valence-corrected chi connectivity index (χ1v) is 13.0. The standard InChI is InChI=1S/C28H36ClN3O3/c1-18-14-19-8-6-4-5-7-9-23-24(27(33)30-17-25(19)28(34)31-18)15-20(29)16-26(23)35-22-12-10-21(11-13-22)32(2)3/h5,7,14-16,21-22H,4,6,8-13,17H2,1-3H3,(H,30,33)(H,31,34)/b7-5+/t21-,22-. The minimum atomic E-state index is -0.248. The number of rotatable bonds is 3. The molecule has 4 rings (SSSR count). The molecule has 0 atom stereocenters. The molecule has 1 aliphatic carbocycles. The summed E-state index contributed by atoms with van der Waals surface area (Å²) in [6, 6.07) is 6.13. The third-order valence-electron chi connectivity index (χ3n) is 7.18. The molecule has 0 spiro atoms. The SMILES string of the molecule is Cc1cc2c(c(=O)[nH]1)CNC(=O)c1cc(Cl)cc(O[C@H]3CC[C@H](N(C)C)CC3)c1C/C=C/CCC2. The van der Waals surface area contributed by atoms with Crippen LogP contribution < -0.4 is 15.6 Å². The Morgan fingerprint density at radius 1 is 1.03 bits per heavy atom. The fourth-order valence-corrected chi connectivity index (χ4v) is 5.39. The highest BCUT2D eigenvalue weighted by Gasteiger charge is 2.26. The summed E-state index contributed by atoms with van der Waals surface area (Å²) in [5.74, 6) is 0.437. The second-order valence-corrected chi connectivity index (χ2v) is 10.4. The van der Waals surface area contributed by atoms with E-state index in [4.69, 9.17) is 16.3 Å². The lowest BCUT2D eigenvalue weighted by Gasteiger charge is -2.33. The van der Waals surface area contributed by atoms with Gasteiger partial charge in [0, 0.05) is 40.0 Å². The highest BCUT2D eigenvalue weighted by atomic mass is 35.5. The molecule has 0 saturated heterocycles. The fourth-order valence-electron chi connectivity index (χ4n) is 5.18. The van der Waals surface area contributed by atoms with Crippen LogP contribution in [-0.2, 0) is 19.4 Å². The normalized spacial score (nSPS) is 22.1. The van der Waals surface area contributed by atoms with E-state index >= 15 is 0 Å². The lowest BCUT2D eigenvalue weighted by Crippen LogP contribution is -2.35. The van der Waals surface area contributed by atoms with Crippen molar-refractivity contribution in [1.82, 2.24) is 15.2 Å². The van der Waals surface area contributed by atoms with Crippen LogP contribution in [0.3, 0.4) is 0 Å². The highest BCUT2D eigenvalue weighted by Crippen LogP contribution is 2.33. The third kappa shape index (κ3) is 6.36. The lowest BCUT2D eigenvalue weighted by molar-refractivity contribution is 0.0945. The van der Waals surface area contributed by atoms with E-state index in [-0.39, 0.29) is 24.1 Å². The van der Waals surface area contributed by atoms with Crippen molar-refractivity contribution in [2.45, 2.75) is 77.0 Å². The molecule has 188 valence electrons. The van der Waals surface area contributed by atoms with Crippen molar-refractivity contribution in [2.75, 3.05) is 14.1 Å². The number of amides is 1. The van der Waals surface area contributed by atoms with E-state index in [0.717, 1.165) is 61.8 Å². The molecule has 1 aliphatic heterocycles. The number of carbonyl (C=O) groups excluding carboxylic acids is 1. The molecule has 0 radical (unpaired) electrons. The maximum absolute atomic E-state index is 13.3. The van der Waals surface area contributed by atoms with Gasteiger partial charge in [0.1, 0.15) is 5.75 Å². The molecule has 1 aromatic heterocycles. The number of aromatic nitrogens is 1. The molecular formula is C28H36ClN3O3. The summed E-state index contributed by atoms with van der Waals surface area (Å²) < 4.78 is 6.48. The zero-order valence-corrected chi connectivity index (χ0v) is 21.7. The van der Waals surface area contributed by atoms with Crippen LogP contribution in [0, 0.1) is 6.92 Å². The maximum atomic E-state index is 13.3. The van der Waals surface area contributed by atoms with Gasteiger partial charge >= 0.3 is 0 Å². The lowest BCUT2D eigenvalue weighted by atomic mass is 9.92. The number of H-pyrrole nitrogens is 1. The molecule has 35 heavy (non-hydrogen) atoms. The van der Waals surface area contributed by atoms with Crippen molar-refractivity contribution in [1.29, 1.82) is 0 Å². The summed E-state index contributed by atoms with van der Waals surface area (Å²) in [7, 11) is 4.26. The first-order valence-electron chi connectivity index (χ1n) is 12.6. The van der Waals surface area contributed by atoms with Crippen LogP contribution in [0.4, 0.5) is 0 Å². The summed E-state index contributed by atoms with van der Waals surface area (Å²) in [4.78, 5) is 31.1. The minimum Gasteiger partial charge on any atom is -0.490 e. The first-order chi connectivity index (χ1) is 16.8. The quantitative estimate of drug-likeness (QED) is 0.588.